The second-order valence-electron chi connectivity index (χ2n) is 6.77. The van der Waals surface area contributed by atoms with Gasteiger partial charge in [-0.2, -0.15) is 0 Å². The molecule has 0 spiro atoms. The average molecular weight is 289 g/mol. The number of carboxylic acids is 1. The minimum atomic E-state index is -0.907. The Labute approximate surface area is 125 Å². The highest BCUT2D eigenvalue weighted by Gasteiger charge is 2.31. The number of benzene rings is 1. The summed E-state index contributed by atoms with van der Waals surface area (Å²) in [6, 6.07) is 7.08. The minimum absolute atomic E-state index is 0.168. The van der Waals surface area contributed by atoms with E-state index in [1.165, 1.54) is 0 Å². The Hall–Kier alpha value is -1.84. The molecule has 1 aromatic carbocycles. The molecular formula is C17H23NO3. The van der Waals surface area contributed by atoms with E-state index in [4.69, 9.17) is 5.11 Å². The maximum absolute atomic E-state index is 12.4. The van der Waals surface area contributed by atoms with Gasteiger partial charge in [0.2, 0.25) is 5.91 Å². The van der Waals surface area contributed by atoms with Crippen LogP contribution in [0, 0.1) is 5.41 Å². The summed E-state index contributed by atoms with van der Waals surface area (Å²) in [5, 5.41) is 9.09. The summed E-state index contributed by atoms with van der Waals surface area (Å²) in [4.78, 5) is 25.4. The number of rotatable bonds is 2. The fraction of sp³-hybridized carbons (Fsp3) is 0.529. The fourth-order valence-electron chi connectivity index (χ4n) is 2.83. The standard InChI is InChI=1S/C17H23NO3/c1-17(2,3)16(21)18-9-5-8-14(11-18)12-6-4-7-13(10-12)15(19)20/h4,6-7,10,14H,5,8-9,11H2,1-3H3,(H,19,20). The predicted molar refractivity (Wildman–Crippen MR) is 81.4 cm³/mol. The van der Waals surface area contributed by atoms with Crippen molar-refractivity contribution in [3.8, 4) is 0 Å². The third-order valence-electron chi connectivity index (χ3n) is 3.96. The first kappa shape index (κ1) is 15.5. The molecule has 114 valence electrons. The van der Waals surface area contributed by atoms with Crippen LogP contribution < -0.4 is 0 Å². The Balaban J connectivity index is 2.16. The van der Waals surface area contributed by atoms with Crippen molar-refractivity contribution in [3.63, 3.8) is 0 Å². The Morgan fingerprint density at radius 1 is 1.29 bits per heavy atom. The molecule has 4 heteroatoms. The van der Waals surface area contributed by atoms with Gasteiger partial charge in [-0.1, -0.05) is 32.9 Å². The number of carbonyl (C=O) groups excluding carboxylic acids is 1. The molecule has 0 aliphatic carbocycles. The van der Waals surface area contributed by atoms with Gasteiger partial charge in [-0.3, -0.25) is 4.79 Å². The SMILES string of the molecule is CC(C)(C)C(=O)N1CCCC(c2cccc(C(=O)O)c2)C1. The lowest BCUT2D eigenvalue weighted by Gasteiger charge is -2.36. The number of nitrogens with zero attached hydrogens (tertiary/aromatic N) is 1. The summed E-state index contributed by atoms with van der Waals surface area (Å²) in [6.07, 6.45) is 1.96. The number of piperidine rings is 1. The minimum Gasteiger partial charge on any atom is -0.478 e. The van der Waals surface area contributed by atoms with Crippen molar-refractivity contribution in [2.24, 2.45) is 5.41 Å². The van der Waals surface area contributed by atoms with E-state index in [0.29, 0.717) is 12.1 Å². The van der Waals surface area contributed by atoms with Crippen molar-refractivity contribution in [2.45, 2.75) is 39.5 Å². The van der Waals surface area contributed by atoms with Crippen LogP contribution in [-0.2, 0) is 4.79 Å². The molecule has 1 heterocycles. The molecule has 21 heavy (non-hydrogen) atoms. The lowest BCUT2D eigenvalue weighted by Crippen LogP contribution is -2.44. The smallest absolute Gasteiger partial charge is 0.335 e. The number of carboxylic acid groups (broad SMARTS) is 1. The number of amides is 1. The van der Waals surface area contributed by atoms with Gasteiger partial charge in [0, 0.05) is 24.4 Å². The van der Waals surface area contributed by atoms with Crippen LogP contribution in [0.2, 0.25) is 0 Å². The average Bonchev–Trinajstić information content (AvgIpc) is 2.45. The number of aromatic carboxylic acids is 1. The van der Waals surface area contributed by atoms with Gasteiger partial charge in [-0.15, -0.1) is 0 Å². The Kier molecular flexibility index (Phi) is 4.35. The van der Waals surface area contributed by atoms with E-state index in [-0.39, 0.29) is 17.2 Å². The molecule has 1 saturated heterocycles. The number of hydrogen-bond donors (Lipinski definition) is 1. The largest absolute Gasteiger partial charge is 0.478 e. The monoisotopic (exact) mass is 289 g/mol. The highest BCUT2D eigenvalue weighted by Crippen LogP contribution is 2.30. The summed E-state index contributed by atoms with van der Waals surface area (Å²) in [7, 11) is 0. The van der Waals surface area contributed by atoms with Crippen LogP contribution in [0.3, 0.4) is 0 Å². The van der Waals surface area contributed by atoms with Crippen molar-refractivity contribution in [3.05, 3.63) is 35.4 Å². The number of likely N-dealkylation sites (tertiary alicyclic amines) is 1. The Morgan fingerprint density at radius 2 is 2.00 bits per heavy atom. The molecule has 1 N–H and O–H groups in total. The highest BCUT2D eigenvalue weighted by molar-refractivity contribution is 5.87. The molecule has 1 aliphatic rings. The van der Waals surface area contributed by atoms with Crippen LogP contribution in [0.5, 0.6) is 0 Å². The first-order valence-corrected chi connectivity index (χ1v) is 7.41. The zero-order valence-electron chi connectivity index (χ0n) is 12.9. The first-order chi connectivity index (χ1) is 9.79. The first-order valence-electron chi connectivity index (χ1n) is 7.41. The Bertz CT molecular complexity index is 545. The van der Waals surface area contributed by atoms with Crippen LogP contribution in [0.1, 0.15) is 55.5 Å². The molecule has 0 saturated carbocycles. The van der Waals surface area contributed by atoms with Crippen molar-refractivity contribution in [1.82, 2.24) is 4.90 Å². The van der Waals surface area contributed by atoms with E-state index >= 15 is 0 Å². The summed E-state index contributed by atoms with van der Waals surface area (Å²) in [6.45, 7) is 7.28. The number of carbonyl (C=O) groups is 2. The third kappa shape index (κ3) is 3.63. The van der Waals surface area contributed by atoms with Crippen LogP contribution in [0.4, 0.5) is 0 Å². The second kappa shape index (κ2) is 5.88. The van der Waals surface area contributed by atoms with E-state index in [1.54, 1.807) is 18.2 Å². The van der Waals surface area contributed by atoms with Gasteiger partial charge in [0.25, 0.3) is 0 Å². The molecule has 2 rings (SSSR count). The van der Waals surface area contributed by atoms with E-state index < -0.39 is 5.97 Å². The molecule has 1 atom stereocenters. The molecule has 1 unspecified atom stereocenters. The highest BCUT2D eigenvalue weighted by atomic mass is 16.4. The van der Waals surface area contributed by atoms with Gasteiger partial charge >= 0.3 is 5.97 Å². The maximum Gasteiger partial charge on any atom is 0.335 e. The molecule has 1 aliphatic heterocycles. The molecule has 4 nitrogen and oxygen atoms in total. The predicted octanol–water partition coefficient (Wildman–Crippen LogP) is 3.14. The Morgan fingerprint density at radius 3 is 2.62 bits per heavy atom. The zero-order chi connectivity index (χ0) is 15.6. The zero-order valence-corrected chi connectivity index (χ0v) is 12.9. The lowest BCUT2D eigenvalue weighted by atomic mass is 9.87. The van der Waals surface area contributed by atoms with Crippen molar-refractivity contribution >= 4 is 11.9 Å². The topological polar surface area (TPSA) is 57.6 Å². The quantitative estimate of drug-likeness (QED) is 0.910. The summed E-state index contributed by atoms with van der Waals surface area (Å²) in [5.74, 6) is -0.513. The molecule has 0 bridgehead atoms. The maximum atomic E-state index is 12.4. The summed E-state index contributed by atoms with van der Waals surface area (Å²) >= 11 is 0. The molecule has 1 fully saturated rings. The van der Waals surface area contributed by atoms with Crippen LogP contribution in [0.15, 0.2) is 24.3 Å². The van der Waals surface area contributed by atoms with Gasteiger partial charge in [-0.05, 0) is 30.5 Å². The lowest BCUT2D eigenvalue weighted by molar-refractivity contribution is -0.140. The van der Waals surface area contributed by atoms with Crippen LogP contribution in [-0.4, -0.2) is 35.0 Å². The van der Waals surface area contributed by atoms with Gasteiger partial charge in [0.1, 0.15) is 0 Å². The van der Waals surface area contributed by atoms with E-state index in [0.717, 1.165) is 24.9 Å². The van der Waals surface area contributed by atoms with Gasteiger partial charge < -0.3 is 10.0 Å². The molecule has 1 amide bonds. The van der Waals surface area contributed by atoms with Gasteiger partial charge in [0.05, 0.1) is 5.56 Å². The summed E-state index contributed by atoms with van der Waals surface area (Å²) < 4.78 is 0. The normalized spacial score (nSPS) is 19.4. The van der Waals surface area contributed by atoms with Gasteiger partial charge in [-0.25, -0.2) is 4.79 Å². The fourth-order valence-corrected chi connectivity index (χ4v) is 2.83. The second-order valence-corrected chi connectivity index (χ2v) is 6.77. The molecule has 1 aromatic rings. The van der Waals surface area contributed by atoms with E-state index in [2.05, 4.69) is 0 Å². The van der Waals surface area contributed by atoms with Crippen molar-refractivity contribution < 1.29 is 14.7 Å². The third-order valence-corrected chi connectivity index (χ3v) is 3.96. The van der Waals surface area contributed by atoms with Crippen LogP contribution >= 0.6 is 0 Å². The van der Waals surface area contributed by atoms with E-state index in [9.17, 15) is 9.59 Å². The summed E-state index contributed by atoms with van der Waals surface area (Å²) in [5.41, 5.74) is 0.957. The van der Waals surface area contributed by atoms with E-state index in [1.807, 2.05) is 31.7 Å². The van der Waals surface area contributed by atoms with Crippen LogP contribution in [0.25, 0.3) is 0 Å². The van der Waals surface area contributed by atoms with Crippen molar-refractivity contribution in [1.29, 1.82) is 0 Å². The molecule has 0 radical (unpaired) electrons. The van der Waals surface area contributed by atoms with Crippen molar-refractivity contribution in [2.75, 3.05) is 13.1 Å². The molecular weight excluding hydrogens is 266 g/mol. The molecule has 0 aromatic heterocycles. The number of hydrogen-bond acceptors (Lipinski definition) is 2. The van der Waals surface area contributed by atoms with Gasteiger partial charge in [0.15, 0.2) is 0 Å².